The van der Waals surface area contributed by atoms with Crippen LogP contribution in [0.1, 0.15) is 58.1 Å². The fourth-order valence-electron chi connectivity index (χ4n) is 3.58. The first-order chi connectivity index (χ1) is 9.58. The minimum absolute atomic E-state index is 0.436. The molecule has 0 heterocycles. The molecule has 2 unspecified atom stereocenters. The third kappa shape index (κ3) is 3.35. The first-order valence-corrected chi connectivity index (χ1v) is 7.96. The molecule has 0 bridgehead atoms. The van der Waals surface area contributed by atoms with Crippen molar-refractivity contribution in [3.63, 3.8) is 0 Å². The van der Waals surface area contributed by atoms with Crippen LogP contribution in [0.5, 0.6) is 5.75 Å². The van der Waals surface area contributed by atoms with Crippen LogP contribution in [-0.4, -0.2) is 13.7 Å². The molecule has 0 amide bonds. The van der Waals surface area contributed by atoms with Crippen LogP contribution < -0.4 is 10.1 Å². The maximum absolute atomic E-state index is 5.28. The molecule has 0 radical (unpaired) electrons. The largest absolute Gasteiger partial charge is 0.497 e. The van der Waals surface area contributed by atoms with E-state index in [-0.39, 0.29) is 0 Å². The summed E-state index contributed by atoms with van der Waals surface area (Å²) in [7, 11) is 1.72. The van der Waals surface area contributed by atoms with E-state index < -0.39 is 0 Å². The predicted octanol–water partition coefficient (Wildman–Crippen LogP) is 4.56. The van der Waals surface area contributed by atoms with Gasteiger partial charge in [-0.05, 0) is 54.8 Å². The third-order valence-electron chi connectivity index (χ3n) is 4.83. The Bertz CT molecular complexity index is 410. The highest BCUT2D eigenvalue weighted by Gasteiger charge is 2.39. The molecule has 0 aromatic heterocycles. The van der Waals surface area contributed by atoms with Gasteiger partial charge in [0.1, 0.15) is 5.75 Å². The second-order valence-corrected chi connectivity index (χ2v) is 6.69. The second kappa shape index (κ2) is 6.62. The van der Waals surface area contributed by atoms with E-state index in [1.54, 1.807) is 7.11 Å². The fraction of sp³-hybridized carbons (Fsp3) is 0.667. The lowest BCUT2D eigenvalue weighted by Crippen LogP contribution is -2.34. The zero-order chi connectivity index (χ0) is 14.6. The Morgan fingerprint density at radius 1 is 1.30 bits per heavy atom. The van der Waals surface area contributed by atoms with Crippen molar-refractivity contribution in [3.8, 4) is 5.75 Å². The smallest absolute Gasteiger partial charge is 0.118 e. The number of benzene rings is 1. The second-order valence-electron chi connectivity index (χ2n) is 6.69. The molecule has 0 aliphatic heterocycles. The lowest BCUT2D eigenvalue weighted by Gasteiger charge is -2.35. The van der Waals surface area contributed by atoms with Crippen LogP contribution in [0, 0.1) is 11.3 Å². The molecule has 20 heavy (non-hydrogen) atoms. The van der Waals surface area contributed by atoms with Gasteiger partial charge in [0.2, 0.25) is 0 Å². The Morgan fingerprint density at radius 2 is 2.00 bits per heavy atom. The molecule has 112 valence electrons. The minimum atomic E-state index is 0.436. The van der Waals surface area contributed by atoms with Crippen molar-refractivity contribution in [2.45, 2.75) is 52.5 Å². The molecule has 1 aliphatic rings. The van der Waals surface area contributed by atoms with Crippen LogP contribution >= 0.6 is 0 Å². The summed E-state index contributed by atoms with van der Waals surface area (Å²) < 4.78 is 5.28. The standard InChI is InChI=1S/C18H29NO/c1-5-13-19-17(16-7-6-12-18(16,2)3)14-8-10-15(20-4)11-9-14/h8-11,16-17,19H,5-7,12-13H2,1-4H3. The molecule has 1 aromatic rings. The maximum atomic E-state index is 5.28. The number of hydrogen-bond donors (Lipinski definition) is 1. The Kier molecular flexibility index (Phi) is 5.09. The number of rotatable bonds is 6. The van der Waals surface area contributed by atoms with E-state index in [0.717, 1.165) is 18.2 Å². The van der Waals surface area contributed by atoms with Crippen molar-refractivity contribution in [1.29, 1.82) is 0 Å². The van der Waals surface area contributed by atoms with Crippen LogP contribution in [0.2, 0.25) is 0 Å². The highest BCUT2D eigenvalue weighted by molar-refractivity contribution is 5.30. The molecule has 0 spiro atoms. The van der Waals surface area contributed by atoms with Gasteiger partial charge in [-0.25, -0.2) is 0 Å². The van der Waals surface area contributed by atoms with Gasteiger partial charge < -0.3 is 10.1 Å². The van der Waals surface area contributed by atoms with Crippen LogP contribution in [0.15, 0.2) is 24.3 Å². The SMILES string of the molecule is CCCNC(c1ccc(OC)cc1)C1CCCC1(C)C. The summed E-state index contributed by atoms with van der Waals surface area (Å²) in [5, 5.41) is 3.78. The molecule has 1 saturated carbocycles. The number of ether oxygens (including phenoxy) is 1. The molecule has 0 saturated heterocycles. The summed E-state index contributed by atoms with van der Waals surface area (Å²) in [6.07, 6.45) is 5.22. The van der Waals surface area contributed by atoms with E-state index in [0.29, 0.717) is 11.5 Å². The Morgan fingerprint density at radius 3 is 2.50 bits per heavy atom. The van der Waals surface area contributed by atoms with Crippen molar-refractivity contribution in [1.82, 2.24) is 5.32 Å². The lowest BCUT2D eigenvalue weighted by molar-refractivity contribution is 0.197. The average Bonchev–Trinajstić information content (AvgIpc) is 2.80. The van der Waals surface area contributed by atoms with Gasteiger partial charge in [-0.15, -0.1) is 0 Å². The van der Waals surface area contributed by atoms with E-state index in [9.17, 15) is 0 Å². The summed E-state index contributed by atoms with van der Waals surface area (Å²) >= 11 is 0. The van der Waals surface area contributed by atoms with Crippen molar-refractivity contribution in [2.24, 2.45) is 11.3 Å². The van der Waals surface area contributed by atoms with Gasteiger partial charge in [0.15, 0.2) is 0 Å². The summed E-state index contributed by atoms with van der Waals surface area (Å²) in [5.41, 5.74) is 1.84. The van der Waals surface area contributed by atoms with Crippen molar-refractivity contribution in [3.05, 3.63) is 29.8 Å². The van der Waals surface area contributed by atoms with Gasteiger partial charge in [-0.2, -0.15) is 0 Å². The van der Waals surface area contributed by atoms with Gasteiger partial charge in [-0.1, -0.05) is 39.3 Å². The minimum Gasteiger partial charge on any atom is -0.497 e. The van der Waals surface area contributed by atoms with Gasteiger partial charge in [0.05, 0.1) is 7.11 Å². The lowest BCUT2D eigenvalue weighted by atomic mass is 9.75. The third-order valence-corrected chi connectivity index (χ3v) is 4.83. The summed E-state index contributed by atoms with van der Waals surface area (Å²) in [6, 6.07) is 9.08. The molecule has 2 heteroatoms. The number of methoxy groups -OCH3 is 1. The molecule has 1 aromatic carbocycles. The highest BCUT2D eigenvalue weighted by atomic mass is 16.5. The van der Waals surface area contributed by atoms with Crippen LogP contribution in [0.3, 0.4) is 0 Å². The normalized spacial score (nSPS) is 22.7. The first kappa shape index (κ1) is 15.4. The molecule has 2 rings (SSSR count). The molecule has 1 aliphatic carbocycles. The summed E-state index contributed by atoms with van der Waals surface area (Å²) in [5.74, 6) is 1.66. The van der Waals surface area contributed by atoms with Crippen molar-refractivity contribution >= 4 is 0 Å². The average molecular weight is 275 g/mol. The van der Waals surface area contributed by atoms with E-state index in [1.165, 1.54) is 31.2 Å². The van der Waals surface area contributed by atoms with Gasteiger partial charge in [0, 0.05) is 6.04 Å². The van der Waals surface area contributed by atoms with E-state index in [4.69, 9.17) is 4.74 Å². The van der Waals surface area contributed by atoms with Crippen LogP contribution in [-0.2, 0) is 0 Å². The Hall–Kier alpha value is -1.02. The topological polar surface area (TPSA) is 21.3 Å². The summed E-state index contributed by atoms with van der Waals surface area (Å²) in [4.78, 5) is 0. The number of nitrogens with one attached hydrogen (secondary N) is 1. The van der Waals surface area contributed by atoms with E-state index >= 15 is 0 Å². The molecule has 1 fully saturated rings. The molecular weight excluding hydrogens is 246 g/mol. The van der Waals surface area contributed by atoms with Crippen molar-refractivity contribution in [2.75, 3.05) is 13.7 Å². The summed E-state index contributed by atoms with van der Waals surface area (Å²) in [6.45, 7) is 8.17. The van der Waals surface area contributed by atoms with Gasteiger partial charge >= 0.3 is 0 Å². The predicted molar refractivity (Wildman–Crippen MR) is 85.2 cm³/mol. The van der Waals surface area contributed by atoms with Crippen LogP contribution in [0.25, 0.3) is 0 Å². The zero-order valence-electron chi connectivity index (χ0n) is 13.4. The zero-order valence-corrected chi connectivity index (χ0v) is 13.4. The Balaban J connectivity index is 2.21. The van der Waals surface area contributed by atoms with E-state index in [1.807, 2.05) is 0 Å². The Labute approximate surface area is 123 Å². The first-order valence-electron chi connectivity index (χ1n) is 7.96. The molecule has 2 atom stereocenters. The monoisotopic (exact) mass is 275 g/mol. The van der Waals surface area contributed by atoms with Crippen molar-refractivity contribution < 1.29 is 4.74 Å². The molecule has 2 nitrogen and oxygen atoms in total. The van der Waals surface area contributed by atoms with Crippen LogP contribution in [0.4, 0.5) is 0 Å². The highest BCUT2D eigenvalue weighted by Crippen LogP contribution is 2.48. The maximum Gasteiger partial charge on any atom is 0.118 e. The fourth-order valence-corrected chi connectivity index (χ4v) is 3.58. The van der Waals surface area contributed by atoms with E-state index in [2.05, 4.69) is 50.4 Å². The molecular formula is C18H29NO. The number of hydrogen-bond acceptors (Lipinski definition) is 2. The molecule has 1 N–H and O–H groups in total. The van der Waals surface area contributed by atoms with Gasteiger partial charge in [0.25, 0.3) is 0 Å². The van der Waals surface area contributed by atoms with Gasteiger partial charge in [-0.3, -0.25) is 0 Å². The quantitative estimate of drug-likeness (QED) is 0.821.